The third kappa shape index (κ3) is 4.28. The maximum absolute atomic E-state index is 12.9. The average molecular weight is 370 g/mol. The second kappa shape index (κ2) is 7.82. The summed E-state index contributed by atoms with van der Waals surface area (Å²) >= 11 is 0. The first-order chi connectivity index (χ1) is 12.4. The number of fused-ring (bicyclic) bond motifs is 1. The van der Waals surface area contributed by atoms with Crippen molar-refractivity contribution in [2.45, 2.75) is 57.3 Å². The third-order valence-corrected chi connectivity index (χ3v) is 5.09. The minimum Gasteiger partial charge on any atom is -0.337 e. The van der Waals surface area contributed by atoms with Crippen molar-refractivity contribution in [1.29, 1.82) is 0 Å². The predicted octanol–water partition coefficient (Wildman–Crippen LogP) is 2.70. The van der Waals surface area contributed by atoms with Gasteiger partial charge in [-0.3, -0.25) is 9.48 Å². The van der Waals surface area contributed by atoms with Gasteiger partial charge in [-0.15, -0.1) is 6.58 Å². The van der Waals surface area contributed by atoms with Crippen LogP contribution in [-0.4, -0.2) is 52.4 Å². The van der Waals surface area contributed by atoms with E-state index in [1.807, 2.05) is 4.90 Å². The zero-order valence-electron chi connectivity index (χ0n) is 14.8. The van der Waals surface area contributed by atoms with Crippen LogP contribution < -0.4 is 5.32 Å². The molecule has 0 unspecified atom stereocenters. The fourth-order valence-corrected chi connectivity index (χ4v) is 3.81. The molecule has 144 valence electrons. The molecule has 2 heterocycles. The van der Waals surface area contributed by atoms with Crippen LogP contribution in [0.2, 0.25) is 0 Å². The van der Waals surface area contributed by atoms with Crippen LogP contribution in [0.4, 0.5) is 13.2 Å². The van der Waals surface area contributed by atoms with Crippen molar-refractivity contribution in [3.8, 4) is 0 Å². The van der Waals surface area contributed by atoms with E-state index in [-0.39, 0.29) is 11.9 Å². The standard InChI is InChI=1S/C18H25F3N4O/c1-2-8-25-15-7-6-13(22-12-18(19,20)21)11-14(15)16(23-25)17(26)24-9-4-3-5-10-24/h2,13,22H,1,3-12H2/t13-/m1/s1. The molecule has 1 fully saturated rings. The lowest BCUT2D eigenvalue weighted by Crippen LogP contribution is -2.41. The van der Waals surface area contributed by atoms with Crippen molar-refractivity contribution in [2.24, 2.45) is 0 Å². The van der Waals surface area contributed by atoms with Gasteiger partial charge in [0.15, 0.2) is 5.69 Å². The number of hydrogen-bond donors (Lipinski definition) is 1. The number of hydrogen-bond acceptors (Lipinski definition) is 3. The maximum atomic E-state index is 12.9. The molecule has 1 aliphatic carbocycles. The number of piperidine rings is 1. The van der Waals surface area contributed by atoms with Gasteiger partial charge in [0, 0.05) is 30.4 Å². The molecule has 1 aromatic heterocycles. The molecule has 1 amide bonds. The quantitative estimate of drug-likeness (QED) is 0.811. The summed E-state index contributed by atoms with van der Waals surface area (Å²) in [5.74, 6) is -0.0970. The van der Waals surface area contributed by atoms with Crippen molar-refractivity contribution in [3.05, 3.63) is 29.6 Å². The van der Waals surface area contributed by atoms with Gasteiger partial charge in [0.2, 0.25) is 0 Å². The number of nitrogens with one attached hydrogen (secondary N) is 1. The van der Waals surface area contributed by atoms with Crippen LogP contribution >= 0.6 is 0 Å². The number of carbonyl (C=O) groups is 1. The molecule has 1 N–H and O–H groups in total. The molecule has 1 aliphatic heterocycles. The molecule has 0 aromatic carbocycles. The number of likely N-dealkylation sites (tertiary alicyclic amines) is 1. The molecule has 0 saturated carbocycles. The number of allylic oxidation sites excluding steroid dienone is 1. The van der Waals surface area contributed by atoms with Gasteiger partial charge in [-0.1, -0.05) is 6.08 Å². The highest BCUT2D eigenvalue weighted by Gasteiger charge is 2.33. The Morgan fingerprint density at radius 3 is 2.69 bits per heavy atom. The molecule has 1 aromatic rings. The molecule has 0 spiro atoms. The molecule has 8 heteroatoms. The van der Waals surface area contributed by atoms with Gasteiger partial charge >= 0.3 is 6.18 Å². The van der Waals surface area contributed by atoms with E-state index in [1.54, 1.807) is 10.8 Å². The van der Waals surface area contributed by atoms with Gasteiger partial charge in [0.25, 0.3) is 5.91 Å². The summed E-state index contributed by atoms with van der Waals surface area (Å²) in [7, 11) is 0. The first-order valence-electron chi connectivity index (χ1n) is 9.18. The smallest absolute Gasteiger partial charge is 0.337 e. The Bertz CT molecular complexity index is 662. The van der Waals surface area contributed by atoms with E-state index >= 15 is 0 Å². The first kappa shape index (κ1) is 18.9. The number of rotatable bonds is 5. The topological polar surface area (TPSA) is 50.2 Å². The van der Waals surface area contributed by atoms with Crippen molar-refractivity contribution >= 4 is 5.91 Å². The van der Waals surface area contributed by atoms with Crippen LogP contribution in [-0.2, 0) is 19.4 Å². The van der Waals surface area contributed by atoms with E-state index < -0.39 is 12.7 Å². The monoisotopic (exact) mass is 370 g/mol. The van der Waals surface area contributed by atoms with Gasteiger partial charge < -0.3 is 10.2 Å². The molecular weight excluding hydrogens is 345 g/mol. The summed E-state index contributed by atoms with van der Waals surface area (Å²) in [5, 5.41) is 7.09. The van der Waals surface area contributed by atoms with E-state index in [0.29, 0.717) is 31.5 Å². The molecule has 0 radical (unpaired) electrons. The molecule has 1 saturated heterocycles. The number of carbonyl (C=O) groups excluding carboxylic acids is 1. The van der Waals surface area contributed by atoms with Gasteiger partial charge in [0.1, 0.15) is 0 Å². The van der Waals surface area contributed by atoms with Crippen LogP contribution in [0.25, 0.3) is 0 Å². The van der Waals surface area contributed by atoms with Crippen LogP contribution in [0.5, 0.6) is 0 Å². The Morgan fingerprint density at radius 2 is 2.04 bits per heavy atom. The average Bonchev–Trinajstić information content (AvgIpc) is 2.98. The first-order valence-corrected chi connectivity index (χ1v) is 9.18. The number of nitrogens with zero attached hydrogens (tertiary/aromatic N) is 3. The molecule has 26 heavy (non-hydrogen) atoms. The molecular formula is C18H25F3N4O. The predicted molar refractivity (Wildman–Crippen MR) is 92.0 cm³/mol. The van der Waals surface area contributed by atoms with Gasteiger partial charge in [0.05, 0.1) is 13.1 Å². The van der Waals surface area contributed by atoms with Gasteiger partial charge in [-0.2, -0.15) is 18.3 Å². The highest BCUT2D eigenvalue weighted by atomic mass is 19.4. The van der Waals surface area contributed by atoms with E-state index in [4.69, 9.17) is 0 Å². The Morgan fingerprint density at radius 1 is 1.31 bits per heavy atom. The van der Waals surface area contributed by atoms with Crippen molar-refractivity contribution in [2.75, 3.05) is 19.6 Å². The zero-order chi connectivity index (χ0) is 18.7. The van der Waals surface area contributed by atoms with Crippen LogP contribution in [0.3, 0.4) is 0 Å². The fourth-order valence-electron chi connectivity index (χ4n) is 3.81. The number of alkyl halides is 3. The normalized spacial score (nSPS) is 20.7. The summed E-state index contributed by atoms with van der Waals surface area (Å²) in [6, 6.07) is -0.293. The van der Waals surface area contributed by atoms with Gasteiger partial charge in [-0.25, -0.2) is 0 Å². The van der Waals surface area contributed by atoms with E-state index in [1.165, 1.54) is 0 Å². The lowest BCUT2D eigenvalue weighted by Gasteiger charge is -2.28. The minimum atomic E-state index is -4.24. The van der Waals surface area contributed by atoms with E-state index in [9.17, 15) is 18.0 Å². The SMILES string of the molecule is C=CCn1nc(C(=O)N2CCCCC2)c2c1CC[C@@H](NCC(F)(F)F)C2. The fraction of sp³-hybridized carbons (Fsp3) is 0.667. The highest BCUT2D eigenvalue weighted by Crippen LogP contribution is 2.27. The number of amides is 1. The maximum Gasteiger partial charge on any atom is 0.401 e. The second-order valence-electron chi connectivity index (χ2n) is 7.03. The van der Waals surface area contributed by atoms with E-state index in [2.05, 4.69) is 17.0 Å². The Hall–Kier alpha value is -1.83. The Labute approximate surface area is 151 Å². The van der Waals surface area contributed by atoms with Crippen molar-refractivity contribution < 1.29 is 18.0 Å². The largest absolute Gasteiger partial charge is 0.401 e. The molecule has 3 rings (SSSR count). The Balaban J connectivity index is 1.82. The summed E-state index contributed by atoms with van der Waals surface area (Å²) in [6.07, 6.45) is 2.18. The molecule has 1 atom stereocenters. The Kier molecular flexibility index (Phi) is 5.70. The summed E-state index contributed by atoms with van der Waals surface area (Å²) in [4.78, 5) is 14.8. The van der Waals surface area contributed by atoms with Gasteiger partial charge in [-0.05, 0) is 38.5 Å². The van der Waals surface area contributed by atoms with Crippen molar-refractivity contribution in [3.63, 3.8) is 0 Å². The minimum absolute atomic E-state index is 0.0970. The lowest BCUT2D eigenvalue weighted by atomic mass is 9.91. The lowest BCUT2D eigenvalue weighted by molar-refractivity contribution is -0.126. The van der Waals surface area contributed by atoms with Crippen LogP contribution in [0, 0.1) is 0 Å². The second-order valence-corrected chi connectivity index (χ2v) is 7.03. The summed E-state index contributed by atoms with van der Waals surface area (Å²) in [5.41, 5.74) is 2.16. The number of aromatic nitrogens is 2. The van der Waals surface area contributed by atoms with Crippen LogP contribution in [0.15, 0.2) is 12.7 Å². The summed E-state index contributed by atoms with van der Waals surface area (Å²) < 4.78 is 39.3. The third-order valence-electron chi connectivity index (χ3n) is 5.09. The molecule has 2 aliphatic rings. The summed E-state index contributed by atoms with van der Waals surface area (Å²) in [6.45, 7) is 4.65. The number of halogens is 3. The van der Waals surface area contributed by atoms with Crippen molar-refractivity contribution in [1.82, 2.24) is 20.0 Å². The van der Waals surface area contributed by atoms with E-state index in [0.717, 1.165) is 43.6 Å². The molecule has 0 bridgehead atoms. The zero-order valence-corrected chi connectivity index (χ0v) is 14.8. The van der Waals surface area contributed by atoms with Crippen LogP contribution in [0.1, 0.15) is 47.4 Å². The highest BCUT2D eigenvalue weighted by molar-refractivity contribution is 5.94. The molecule has 5 nitrogen and oxygen atoms in total.